The highest BCUT2D eigenvalue weighted by Crippen LogP contribution is 2.27. The number of ether oxygens (including phenoxy) is 1. The molecule has 2 aromatic rings. The Morgan fingerprint density at radius 2 is 1.80 bits per heavy atom. The van der Waals surface area contributed by atoms with Crippen molar-refractivity contribution in [1.29, 1.82) is 0 Å². The van der Waals surface area contributed by atoms with Gasteiger partial charge in [0.1, 0.15) is 12.4 Å². The Bertz CT molecular complexity index is 600. The summed E-state index contributed by atoms with van der Waals surface area (Å²) in [6.45, 7) is 6.23. The van der Waals surface area contributed by atoms with Crippen LogP contribution in [0.25, 0.3) is 0 Å². The van der Waals surface area contributed by atoms with Crippen molar-refractivity contribution in [3.8, 4) is 5.75 Å². The molecule has 0 aliphatic carbocycles. The van der Waals surface area contributed by atoms with Gasteiger partial charge in [0.05, 0.1) is 0 Å². The first-order valence-electron chi connectivity index (χ1n) is 6.93. The zero-order chi connectivity index (χ0) is 14.5. The molecule has 0 spiro atoms. The van der Waals surface area contributed by atoms with Gasteiger partial charge in [0.25, 0.3) is 0 Å². The van der Waals surface area contributed by atoms with E-state index in [4.69, 9.17) is 4.74 Å². The molecule has 0 radical (unpaired) electrons. The number of rotatable bonds is 5. The van der Waals surface area contributed by atoms with E-state index in [1.165, 1.54) is 0 Å². The first kappa shape index (κ1) is 14.3. The van der Waals surface area contributed by atoms with Gasteiger partial charge in [0, 0.05) is 5.56 Å². The summed E-state index contributed by atoms with van der Waals surface area (Å²) in [6.07, 6.45) is 0.858. The maximum atomic E-state index is 11.6. The van der Waals surface area contributed by atoms with Crippen LogP contribution in [-0.2, 0) is 13.0 Å². The number of hydrogen-bond donors (Lipinski definition) is 0. The molecule has 2 rings (SSSR count). The van der Waals surface area contributed by atoms with Crippen molar-refractivity contribution < 1.29 is 9.53 Å². The van der Waals surface area contributed by atoms with Crippen molar-refractivity contribution in [3.05, 3.63) is 64.7 Å². The first-order valence-corrected chi connectivity index (χ1v) is 6.93. The zero-order valence-corrected chi connectivity index (χ0v) is 12.3. The third kappa shape index (κ3) is 3.08. The lowest BCUT2D eigenvalue weighted by Gasteiger charge is -2.15. The summed E-state index contributed by atoms with van der Waals surface area (Å²) in [5, 5.41) is 0. The van der Waals surface area contributed by atoms with Gasteiger partial charge in [-0.05, 0) is 49.1 Å². The van der Waals surface area contributed by atoms with Crippen LogP contribution in [0.4, 0.5) is 0 Å². The van der Waals surface area contributed by atoms with Crippen molar-refractivity contribution >= 4 is 5.78 Å². The summed E-state index contributed by atoms with van der Waals surface area (Å²) in [5.74, 6) is 0.977. The fraction of sp³-hybridized carbons (Fsp3) is 0.278. The molecule has 0 saturated carbocycles. The molecule has 20 heavy (non-hydrogen) atoms. The molecule has 2 aromatic carbocycles. The van der Waals surface area contributed by atoms with Crippen molar-refractivity contribution in [1.82, 2.24) is 0 Å². The first-order chi connectivity index (χ1) is 9.63. The normalized spacial score (nSPS) is 10.3. The highest BCUT2D eigenvalue weighted by Gasteiger charge is 2.12. The quantitative estimate of drug-likeness (QED) is 0.754. The van der Waals surface area contributed by atoms with Crippen molar-refractivity contribution in [2.24, 2.45) is 0 Å². The second kappa shape index (κ2) is 6.38. The van der Waals surface area contributed by atoms with E-state index in [-0.39, 0.29) is 5.78 Å². The molecule has 0 amide bonds. The Balaban J connectivity index is 2.24. The molecule has 2 heteroatoms. The third-order valence-corrected chi connectivity index (χ3v) is 3.53. The van der Waals surface area contributed by atoms with Crippen LogP contribution in [-0.4, -0.2) is 5.78 Å². The van der Waals surface area contributed by atoms with E-state index >= 15 is 0 Å². The highest BCUT2D eigenvalue weighted by molar-refractivity contribution is 5.96. The van der Waals surface area contributed by atoms with Crippen LogP contribution in [0.1, 0.15) is 40.9 Å². The van der Waals surface area contributed by atoms with E-state index < -0.39 is 0 Å². The summed E-state index contributed by atoms with van der Waals surface area (Å²) >= 11 is 0. The number of carbonyl (C=O) groups excluding carboxylic acids is 1. The standard InChI is InChI=1S/C18H20O2/c1-4-16-13(2)17(14(3)19)10-11-18(16)20-12-15-8-6-5-7-9-15/h5-11H,4,12H2,1-3H3. The van der Waals surface area contributed by atoms with Crippen LogP contribution in [0.5, 0.6) is 5.75 Å². The summed E-state index contributed by atoms with van der Waals surface area (Å²) in [4.78, 5) is 11.6. The largest absolute Gasteiger partial charge is 0.489 e. The Hall–Kier alpha value is -2.09. The van der Waals surface area contributed by atoms with Gasteiger partial charge in [-0.25, -0.2) is 0 Å². The molecule has 0 atom stereocenters. The number of hydrogen-bond acceptors (Lipinski definition) is 2. The summed E-state index contributed by atoms with van der Waals surface area (Å²) in [5.41, 5.74) is 4.08. The van der Waals surface area contributed by atoms with Crippen LogP contribution in [0.3, 0.4) is 0 Å². The van der Waals surface area contributed by atoms with Gasteiger partial charge in [-0.3, -0.25) is 4.79 Å². The Morgan fingerprint density at radius 3 is 2.40 bits per heavy atom. The van der Waals surface area contributed by atoms with Gasteiger partial charge in [-0.15, -0.1) is 0 Å². The zero-order valence-electron chi connectivity index (χ0n) is 12.3. The Morgan fingerprint density at radius 1 is 1.10 bits per heavy atom. The molecule has 0 aliphatic heterocycles. The Kier molecular flexibility index (Phi) is 4.57. The second-order valence-corrected chi connectivity index (χ2v) is 4.90. The lowest BCUT2D eigenvalue weighted by Crippen LogP contribution is -2.04. The highest BCUT2D eigenvalue weighted by atomic mass is 16.5. The van der Waals surface area contributed by atoms with Gasteiger partial charge < -0.3 is 4.74 Å². The van der Waals surface area contributed by atoms with E-state index in [9.17, 15) is 4.79 Å². The molecule has 0 aromatic heterocycles. The number of Topliss-reactive ketones (excluding diaryl/α,β-unsaturated/α-hetero) is 1. The molecule has 0 bridgehead atoms. The van der Waals surface area contributed by atoms with E-state index in [2.05, 4.69) is 6.92 Å². The minimum absolute atomic E-state index is 0.104. The average molecular weight is 268 g/mol. The molecular weight excluding hydrogens is 248 g/mol. The predicted octanol–water partition coefficient (Wildman–Crippen LogP) is 4.34. The summed E-state index contributed by atoms with van der Waals surface area (Å²) < 4.78 is 5.92. The molecule has 0 fully saturated rings. The minimum Gasteiger partial charge on any atom is -0.489 e. The van der Waals surface area contributed by atoms with Crippen LogP contribution in [0.2, 0.25) is 0 Å². The fourth-order valence-corrected chi connectivity index (χ4v) is 2.42. The van der Waals surface area contributed by atoms with E-state index in [0.29, 0.717) is 6.61 Å². The minimum atomic E-state index is 0.104. The predicted molar refractivity (Wildman–Crippen MR) is 81.3 cm³/mol. The van der Waals surface area contributed by atoms with E-state index in [1.54, 1.807) is 6.92 Å². The van der Waals surface area contributed by atoms with Gasteiger partial charge in [-0.1, -0.05) is 37.3 Å². The lowest BCUT2D eigenvalue weighted by atomic mass is 9.97. The van der Waals surface area contributed by atoms with E-state index in [1.807, 2.05) is 49.4 Å². The molecule has 0 aliphatic rings. The molecule has 0 saturated heterocycles. The smallest absolute Gasteiger partial charge is 0.160 e. The maximum absolute atomic E-state index is 11.6. The number of carbonyl (C=O) groups is 1. The molecule has 0 N–H and O–H groups in total. The van der Waals surface area contributed by atoms with Crippen molar-refractivity contribution in [2.75, 3.05) is 0 Å². The monoisotopic (exact) mass is 268 g/mol. The van der Waals surface area contributed by atoms with Gasteiger partial charge in [0.2, 0.25) is 0 Å². The van der Waals surface area contributed by atoms with Crippen molar-refractivity contribution in [2.45, 2.75) is 33.8 Å². The topological polar surface area (TPSA) is 26.3 Å². The average Bonchev–Trinajstić information content (AvgIpc) is 2.45. The van der Waals surface area contributed by atoms with E-state index in [0.717, 1.165) is 34.4 Å². The maximum Gasteiger partial charge on any atom is 0.160 e. The third-order valence-electron chi connectivity index (χ3n) is 3.53. The van der Waals surface area contributed by atoms with Gasteiger partial charge in [-0.2, -0.15) is 0 Å². The van der Waals surface area contributed by atoms with Gasteiger partial charge >= 0.3 is 0 Å². The summed E-state index contributed by atoms with van der Waals surface area (Å²) in [6, 6.07) is 13.9. The molecule has 0 heterocycles. The number of ketones is 1. The Labute approximate surface area is 120 Å². The summed E-state index contributed by atoms with van der Waals surface area (Å²) in [7, 11) is 0. The van der Waals surface area contributed by atoms with Crippen LogP contribution >= 0.6 is 0 Å². The van der Waals surface area contributed by atoms with Gasteiger partial charge in [0.15, 0.2) is 5.78 Å². The molecule has 104 valence electrons. The molecular formula is C18H20O2. The molecule has 0 unspecified atom stereocenters. The van der Waals surface area contributed by atoms with Crippen LogP contribution in [0, 0.1) is 6.92 Å². The number of benzene rings is 2. The fourth-order valence-electron chi connectivity index (χ4n) is 2.42. The lowest BCUT2D eigenvalue weighted by molar-refractivity contribution is 0.101. The van der Waals surface area contributed by atoms with Crippen LogP contribution in [0.15, 0.2) is 42.5 Å². The SMILES string of the molecule is CCc1c(OCc2ccccc2)ccc(C(C)=O)c1C. The molecule has 2 nitrogen and oxygen atoms in total. The van der Waals surface area contributed by atoms with Crippen LogP contribution < -0.4 is 4.74 Å². The second-order valence-electron chi connectivity index (χ2n) is 4.90. The van der Waals surface area contributed by atoms with Crippen molar-refractivity contribution in [3.63, 3.8) is 0 Å².